The van der Waals surface area contributed by atoms with Gasteiger partial charge in [0.2, 0.25) is 5.76 Å². The molecule has 0 aromatic heterocycles. The largest absolute Gasteiger partial charge is 0.490 e. The number of carbonyl (C=O) groups excluding carboxylic acids is 1. The molecule has 56 valence electrons. The van der Waals surface area contributed by atoms with E-state index >= 15 is 0 Å². The standard InChI is InChI=1S/C7H10O3/c1-4-5-6(9-2)7(8)10-3/h4-5H,1H2,2-3H3/b6-5-. The Kier molecular flexibility index (Phi) is 4.04. The second-order valence-corrected chi connectivity index (χ2v) is 1.46. The summed E-state index contributed by atoms with van der Waals surface area (Å²) in [7, 11) is 2.69. The summed E-state index contributed by atoms with van der Waals surface area (Å²) in [5.74, 6) is -0.347. The van der Waals surface area contributed by atoms with Crippen molar-refractivity contribution in [2.45, 2.75) is 0 Å². The van der Waals surface area contributed by atoms with Crippen molar-refractivity contribution in [3.05, 3.63) is 24.5 Å². The lowest BCUT2D eigenvalue weighted by atomic mass is 10.4. The van der Waals surface area contributed by atoms with Gasteiger partial charge in [-0.2, -0.15) is 0 Å². The monoisotopic (exact) mass is 142 g/mol. The topological polar surface area (TPSA) is 35.5 Å². The van der Waals surface area contributed by atoms with E-state index in [2.05, 4.69) is 16.1 Å². The fourth-order valence-corrected chi connectivity index (χ4v) is 0.427. The molecule has 3 nitrogen and oxygen atoms in total. The molecule has 0 aliphatic rings. The van der Waals surface area contributed by atoms with E-state index in [9.17, 15) is 4.79 Å². The molecule has 0 amide bonds. The van der Waals surface area contributed by atoms with Crippen LogP contribution in [0.3, 0.4) is 0 Å². The lowest BCUT2D eigenvalue weighted by molar-refractivity contribution is -0.139. The van der Waals surface area contributed by atoms with Crippen LogP contribution in [0.1, 0.15) is 0 Å². The summed E-state index contributed by atoms with van der Waals surface area (Å²) in [4.78, 5) is 10.7. The average Bonchev–Trinajstić information content (AvgIpc) is 1.99. The van der Waals surface area contributed by atoms with E-state index in [1.54, 1.807) is 0 Å². The summed E-state index contributed by atoms with van der Waals surface area (Å²) in [5, 5.41) is 0. The molecule has 0 spiro atoms. The highest BCUT2D eigenvalue weighted by atomic mass is 16.6. The molecule has 0 radical (unpaired) electrons. The predicted octanol–water partition coefficient (Wildman–Crippen LogP) is 0.876. The number of carbonyl (C=O) groups is 1. The van der Waals surface area contributed by atoms with Gasteiger partial charge in [-0.25, -0.2) is 4.79 Å². The van der Waals surface area contributed by atoms with Gasteiger partial charge in [0.05, 0.1) is 14.2 Å². The summed E-state index contributed by atoms with van der Waals surface area (Å²) in [6, 6.07) is 0. The predicted molar refractivity (Wildman–Crippen MR) is 37.3 cm³/mol. The number of hydrogen-bond donors (Lipinski definition) is 0. The maximum absolute atomic E-state index is 10.7. The van der Waals surface area contributed by atoms with Crippen LogP contribution in [0.2, 0.25) is 0 Å². The third kappa shape index (κ3) is 2.35. The lowest BCUT2D eigenvalue weighted by Gasteiger charge is -2.00. The van der Waals surface area contributed by atoms with Gasteiger partial charge in [0.25, 0.3) is 0 Å². The number of allylic oxidation sites excluding steroid dienone is 2. The number of rotatable bonds is 3. The smallest absolute Gasteiger partial charge is 0.373 e. The molecular formula is C7H10O3. The molecule has 0 saturated heterocycles. The first-order valence-electron chi connectivity index (χ1n) is 2.71. The molecule has 0 aromatic rings. The van der Waals surface area contributed by atoms with Gasteiger partial charge >= 0.3 is 5.97 Å². The number of hydrogen-bond acceptors (Lipinski definition) is 3. The van der Waals surface area contributed by atoms with E-state index in [0.717, 1.165) is 0 Å². The molecule has 10 heavy (non-hydrogen) atoms. The van der Waals surface area contributed by atoms with Crippen LogP contribution in [0.4, 0.5) is 0 Å². The van der Waals surface area contributed by atoms with Gasteiger partial charge in [-0.15, -0.1) is 0 Å². The molecule has 0 unspecified atom stereocenters. The third-order valence-electron chi connectivity index (χ3n) is 0.876. The SMILES string of the molecule is C=C/C=C(\OC)C(=O)OC. The van der Waals surface area contributed by atoms with Crippen molar-refractivity contribution in [2.24, 2.45) is 0 Å². The zero-order valence-electron chi connectivity index (χ0n) is 6.09. The molecule has 0 atom stereocenters. The van der Waals surface area contributed by atoms with Crippen LogP contribution in [-0.4, -0.2) is 20.2 Å². The molecule has 3 heteroatoms. The van der Waals surface area contributed by atoms with Crippen LogP contribution < -0.4 is 0 Å². The lowest BCUT2D eigenvalue weighted by Crippen LogP contribution is -2.05. The van der Waals surface area contributed by atoms with Crippen molar-refractivity contribution in [2.75, 3.05) is 14.2 Å². The van der Waals surface area contributed by atoms with E-state index in [1.807, 2.05) is 0 Å². The first-order valence-corrected chi connectivity index (χ1v) is 2.71. The van der Waals surface area contributed by atoms with Crippen LogP contribution in [0.15, 0.2) is 24.5 Å². The Morgan fingerprint density at radius 3 is 2.30 bits per heavy atom. The van der Waals surface area contributed by atoms with Gasteiger partial charge < -0.3 is 9.47 Å². The summed E-state index contributed by atoms with van der Waals surface area (Å²) in [6.07, 6.45) is 2.89. The molecule has 0 heterocycles. The molecule has 0 bridgehead atoms. The van der Waals surface area contributed by atoms with Gasteiger partial charge in [0.15, 0.2) is 0 Å². The van der Waals surface area contributed by atoms with Gasteiger partial charge in [-0.3, -0.25) is 0 Å². The Morgan fingerprint density at radius 2 is 2.00 bits per heavy atom. The summed E-state index contributed by atoms with van der Waals surface area (Å²) in [5.41, 5.74) is 0. The number of ether oxygens (including phenoxy) is 2. The Morgan fingerprint density at radius 1 is 1.40 bits per heavy atom. The zero-order valence-corrected chi connectivity index (χ0v) is 6.09. The average molecular weight is 142 g/mol. The second kappa shape index (κ2) is 4.61. The van der Waals surface area contributed by atoms with Gasteiger partial charge in [-0.05, 0) is 6.08 Å². The fourth-order valence-electron chi connectivity index (χ4n) is 0.427. The zero-order chi connectivity index (χ0) is 7.98. The Bertz CT molecular complexity index is 158. The van der Waals surface area contributed by atoms with E-state index < -0.39 is 5.97 Å². The molecule has 0 fully saturated rings. The molecule has 0 aromatic carbocycles. The summed E-state index contributed by atoms with van der Waals surface area (Å²) < 4.78 is 9.03. The summed E-state index contributed by atoms with van der Waals surface area (Å²) in [6.45, 7) is 3.40. The minimum Gasteiger partial charge on any atom is -0.490 e. The summed E-state index contributed by atoms with van der Waals surface area (Å²) >= 11 is 0. The van der Waals surface area contributed by atoms with E-state index in [1.165, 1.54) is 26.4 Å². The molecule has 0 rings (SSSR count). The van der Waals surface area contributed by atoms with E-state index in [0.29, 0.717) is 0 Å². The maximum Gasteiger partial charge on any atom is 0.373 e. The number of esters is 1. The maximum atomic E-state index is 10.7. The van der Waals surface area contributed by atoms with Crippen LogP contribution in [0, 0.1) is 0 Å². The second-order valence-electron chi connectivity index (χ2n) is 1.46. The highest BCUT2D eigenvalue weighted by Gasteiger charge is 2.06. The molecular weight excluding hydrogens is 132 g/mol. The minimum atomic E-state index is -0.498. The van der Waals surface area contributed by atoms with Gasteiger partial charge in [0.1, 0.15) is 0 Å². The third-order valence-corrected chi connectivity index (χ3v) is 0.876. The van der Waals surface area contributed by atoms with Gasteiger partial charge in [0, 0.05) is 0 Å². The van der Waals surface area contributed by atoms with Crippen molar-refractivity contribution in [3.8, 4) is 0 Å². The Hall–Kier alpha value is -1.25. The van der Waals surface area contributed by atoms with Crippen molar-refractivity contribution < 1.29 is 14.3 Å². The van der Waals surface area contributed by atoms with Crippen molar-refractivity contribution >= 4 is 5.97 Å². The minimum absolute atomic E-state index is 0.150. The Balaban J connectivity index is 4.19. The highest BCUT2D eigenvalue weighted by molar-refractivity contribution is 5.86. The molecule has 0 saturated carbocycles. The van der Waals surface area contributed by atoms with E-state index in [4.69, 9.17) is 0 Å². The molecule has 0 N–H and O–H groups in total. The first-order chi connectivity index (χ1) is 4.76. The fraction of sp³-hybridized carbons (Fsp3) is 0.286. The van der Waals surface area contributed by atoms with Crippen molar-refractivity contribution in [3.63, 3.8) is 0 Å². The highest BCUT2D eigenvalue weighted by Crippen LogP contribution is 1.97. The Labute approximate surface area is 59.9 Å². The van der Waals surface area contributed by atoms with E-state index in [-0.39, 0.29) is 5.76 Å². The van der Waals surface area contributed by atoms with Gasteiger partial charge in [-0.1, -0.05) is 12.7 Å². The molecule has 0 aliphatic heterocycles. The van der Waals surface area contributed by atoms with Crippen molar-refractivity contribution in [1.29, 1.82) is 0 Å². The van der Waals surface area contributed by atoms with Crippen LogP contribution >= 0.6 is 0 Å². The normalized spacial score (nSPS) is 10.4. The van der Waals surface area contributed by atoms with Crippen LogP contribution in [-0.2, 0) is 14.3 Å². The molecule has 0 aliphatic carbocycles. The first kappa shape index (κ1) is 8.75. The van der Waals surface area contributed by atoms with Crippen LogP contribution in [0.5, 0.6) is 0 Å². The van der Waals surface area contributed by atoms with Crippen LogP contribution in [0.25, 0.3) is 0 Å². The quantitative estimate of drug-likeness (QED) is 0.254. The number of methoxy groups -OCH3 is 2. The van der Waals surface area contributed by atoms with Crippen molar-refractivity contribution in [1.82, 2.24) is 0 Å².